The van der Waals surface area contributed by atoms with Gasteiger partial charge < -0.3 is 0 Å². The molecule has 0 bridgehead atoms. The lowest BCUT2D eigenvalue weighted by atomic mass is 10.1. The SMILES string of the molecule is Cc1cncc(CN(C)C(C)CC#N)c1. The van der Waals surface area contributed by atoms with Gasteiger partial charge in [-0.1, -0.05) is 6.07 Å². The van der Waals surface area contributed by atoms with Crippen LogP contribution in [0.15, 0.2) is 18.5 Å². The molecule has 0 saturated carbocycles. The highest BCUT2D eigenvalue weighted by Crippen LogP contribution is 2.08. The van der Waals surface area contributed by atoms with Crippen LogP contribution in [0.5, 0.6) is 0 Å². The van der Waals surface area contributed by atoms with Crippen molar-refractivity contribution in [2.75, 3.05) is 7.05 Å². The number of pyridine rings is 1. The van der Waals surface area contributed by atoms with E-state index in [-0.39, 0.29) is 6.04 Å². The molecule has 0 amide bonds. The molecule has 15 heavy (non-hydrogen) atoms. The third kappa shape index (κ3) is 3.69. The number of aryl methyl sites for hydroxylation is 1. The topological polar surface area (TPSA) is 39.9 Å². The minimum atomic E-state index is 0.288. The lowest BCUT2D eigenvalue weighted by Crippen LogP contribution is -2.28. The highest BCUT2D eigenvalue weighted by atomic mass is 15.1. The fourth-order valence-corrected chi connectivity index (χ4v) is 1.44. The minimum Gasteiger partial charge on any atom is -0.298 e. The van der Waals surface area contributed by atoms with E-state index in [0.29, 0.717) is 6.42 Å². The molecule has 80 valence electrons. The average molecular weight is 203 g/mol. The highest BCUT2D eigenvalue weighted by Gasteiger charge is 2.08. The van der Waals surface area contributed by atoms with Crippen LogP contribution in [-0.2, 0) is 6.54 Å². The number of hydrogen-bond acceptors (Lipinski definition) is 3. The van der Waals surface area contributed by atoms with Crippen molar-refractivity contribution in [2.24, 2.45) is 0 Å². The van der Waals surface area contributed by atoms with Gasteiger partial charge in [0.05, 0.1) is 12.5 Å². The molecule has 0 spiro atoms. The van der Waals surface area contributed by atoms with Crippen LogP contribution in [0, 0.1) is 18.3 Å². The summed E-state index contributed by atoms with van der Waals surface area (Å²) in [6, 6.07) is 4.60. The third-order valence-corrected chi connectivity index (χ3v) is 2.50. The summed E-state index contributed by atoms with van der Waals surface area (Å²) in [5.74, 6) is 0. The van der Waals surface area contributed by atoms with Gasteiger partial charge in [0.1, 0.15) is 0 Å². The van der Waals surface area contributed by atoms with Crippen LogP contribution in [0.2, 0.25) is 0 Å². The monoisotopic (exact) mass is 203 g/mol. The van der Waals surface area contributed by atoms with E-state index in [1.54, 1.807) is 0 Å². The molecule has 0 aliphatic heterocycles. The molecule has 0 radical (unpaired) electrons. The molecule has 1 heterocycles. The second kappa shape index (κ2) is 5.47. The maximum atomic E-state index is 8.61. The van der Waals surface area contributed by atoms with Gasteiger partial charge >= 0.3 is 0 Å². The summed E-state index contributed by atoms with van der Waals surface area (Å²) in [5.41, 5.74) is 2.37. The predicted octanol–water partition coefficient (Wildman–Crippen LogP) is 2.12. The Balaban J connectivity index is 2.58. The van der Waals surface area contributed by atoms with Crippen molar-refractivity contribution in [1.82, 2.24) is 9.88 Å². The Morgan fingerprint density at radius 1 is 1.53 bits per heavy atom. The molecule has 0 aliphatic carbocycles. The van der Waals surface area contributed by atoms with Crippen molar-refractivity contribution < 1.29 is 0 Å². The van der Waals surface area contributed by atoms with Crippen LogP contribution in [0.3, 0.4) is 0 Å². The number of hydrogen-bond donors (Lipinski definition) is 0. The molecule has 1 aromatic heterocycles. The zero-order chi connectivity index (χ0) is 11.3. The normalized spacial score (nSPS) is 12.5. The van der Waals surface area contributed by atoms with Crippen LogP contribution in [0.1, 0.15) is 24.5 Å². The van der Waals surface area contributed by atoms with E-state index in [9.17, 15) is 0 Å². The first-order valence-electron chi connectivity index (χ1n) is 5.11. The Hall–Kier alpha value is -1.40. The Bertz CT molecular complexity index is 354. The highest BCUT2D eigenvalue weighted by molar-refractivity contribution is 5.16. The van der Waals surface area contributed by atoms with Gasteiger partial charge in [-0.05, 0) is 32.0 Å². The van der Waals surface area contributed by atoms with E-state index in [4.69, 9.17) is 5.26 Å². The van der Waals surface area contributed by atoms with Gasteiger partial charge in [-0.15, -0.1) is 0 Å². The summed E-state index contributed by atoms with van der Waals surface area (Å²) in [4.78, 5) is 6.32. The molecule has 3 heteroatoms. The third-order valence-electron chi connectivity index (χ3n) is 2.50. The summed E-state index contributed by atoms with van der Waals surface area (Å²) in [6.07, 6.45) is 4.29. The van der Waals surface area contributed by atoms with Crippen molar-refractivity contribution in [3.05, 3.63) is 29.6 Å². The largest absolute Gasteiger partial charge is 0.298 e. The number of nitrogens with zero attached hydrogens (tertiary/aromatic N) is 3. The standard InChI is InChI=1S/C12H17N3/c1-10-6-12(8-14-7-10)9-15(3)11(2)4-5-13/h6-8,11H,4,9H2,1-3H3. The molecule has 1 aromatic rings. The quantitative estimate of drug-likeness (QED) is 0.752. The molecule has 1 rings (SSSR count). The molecular weight excluding hydrogens is 186 g/mol. The summed E-state index contributed by atoms with van der Waals surface area (Å²) >= 11 is 0. The van der Waals surface area contributed by atoms with Gasteiger partial charge in [0, 0.05) is 25.0 Å². The first kappa shape index (κ1) is 11.7. The fraction of sp³-hybridized carbons (Fsp3) is 0.500. The van der Waals surface area contributed by atoms with Gasteiger partial charge in [-0.3, -0.25) is 9.88 Å². The lowest BCUT2D eigenvalue weighted by molar-refractivity contribution is 0.252. The zero-order valence-electron chi connectivity index (χ0n) is 9.57. The average Bonchev–Trinajstić information content (AvgIpc) is 2.18. The van der Waals surface area contributed by atoms with E-state index in [2.05, 4.69) is 28.9 Å². The molecule has 3 nitrogen and oxygen atoms in total. The zero-order valence-corrected chi connectivity index (χ0v) is 9.57. The van der Waals surface area contributed by atoms with Crippen LogP contribution in [-0.4, -0.2) is 23.0 Å². The van der Waals surface area contributed by atoms with Crippen molar-refractivity contribution >= 4 is 0 Å². The van der Waals surface area contributed by atoms with E-state index in [0.717, 1.165) is 6.54 Å². The first-order chi connectivity index (χ1) is 7.13. The van der Waals surface area contributed by atoms with Gasteiger partial charge in [0.2, 0.25) is 0 Å². The Morgan fingerprint density at radius 3 is 2.87 bits per heavy atom. The second-order valence-electron chi connectivity index (χ2n) is 4.00. The summed E-state index contributed by atoms with van der Waals surface area (Å²) in [7, 11) is 2.03. The fourth-order valence-electron chi connectivity index (χ4n) is 1.44. The van der Waals surface area contributed by atoms with Gasteiger partial charge in [0.25, 0.3) is 0 Å². The second-order valence-corrected chi connectivity index (χ2v) is 4.00. The van der Waals surface area contributed by atoms with Gasteiger partial charge in [0.15, 0.2) is 0 Å². The van der Waals surface area contributed by atoms with Gasteiger partial charge in [-0.25, -0.2) is 0 Å². The summed E-state index contributed by atoms with van der Waals surface area (Å²) in [5, 5.41) is 8.61. The minimum absolute atomic E-state index is 0.288. The molecule has 0 N–H and O–H groups in total. The Kier molecular flexibility index (Phi) is 4.26. The summed E-state index contributed by atoms with van der Waals surface area (Å²) in [6.45, 7) is 4.94. The van der Waals surface area contributed by atoms with Crippen molar-refractivity contribution in [3.63, 3.8) is 0 Å². The van der Waals surface area contributed by atoms with Crippen LogP contribution >= 0.6 is 0 Å². The molecule has 0 saturated heterocycles. The smallest absolute Gasteiger partial charge is 0.0638 e. The lowest BCUT2D eigenvalue weighted by Gasteiger charge is -2.22. The molecule has 0 aliphatic rings. The van der Waals surface area contributed by atoms with Crippen molar-refractivity contribution in [2.45, 2.75) is 32.9 Å². The molecule has 0 fully saturated rings. The molecular formula is C12H17N3. The Morgan fingerprint density at radius 2 is 2.27 bits per heavy atom. The van der Waals surface area contributed by atoms with Crippen LogP contribution in [0.4, 0.5) is 0 Å². The van der Waals surface area contributed by atoms with Crippen LogP contribution in [0.25, 0.3) is 0 Å². The molecule has 0 aromatic carbocycles. The van der Waals surface area contributed by atoms with E-state index in [1.807, 2.05) is 26.4 Å². The van der Waals surface area contributed by atoms with Crippen molar-refractivity contribution in [1.29, 1.82) is 5.26 Å². The van der Waals surface area contributed by atoms with E-state index in [1.165, 1.54) is 11.1 Å². The van der Waals surface area contributed by atoms with E-state index >= 15 is 0 Å². The number of aromatic nitrogens is 1. The molecule has 1 atom stereocenters. The van der Waals surface area contributed by atoms with Crippen LogP contribution < -0.4 is 0 Å². The maximum absolute atomic E-state index is 8.61. The van der Waals surface area contributed by atoms with E-state index < -0.39 is 0 Å². The Labute approximate surface area is 91.4 Å². The van der Waals surface area contributed by atoms with Gasteiger partial charge in [-0.2, -0.15) is 5.26 Å². The summed E-state index contributed by atoms with van der Waals surface area (Å²) < 4.78 is 0. The number of rotatable bonds is 4. The predicted molar refractivity (Wildman–Crippen MR) is 60.1 cm³/mol. The first-order valence-corrected chi connectivity index (χ1v) is 5.11. The maximum Gasteiger partial charge on any atom is 0.0638 e. The molecule has 1 unspecified atom stereocenters. The number of nitriles is 1. The van der Waals surface area contributed by atoms with Crippen molar-refractivity contribution in [3.8, 4) is 6.07 Å².